The molecule has 3 aromatic carbocycles. The standard InChI is InChI=1S/C27H24N2/c1-18-12-14-19(2)22-17-27-24(16-23(22)25(28)15-13-18)21-10-6-7-11-26(21)29(27)20-8-4-3-5-9-20/h3-19,28H,1-2H3/b14-12+,15-13-,28-25?. The summed E-state index contributed by atoms with van der Waals surface area (Å²) in [5.41, 5.74) is 6.37. The molecule has 1 aliphatic rings. The molecule has 1 heterocycles. The largest absolute Gasteiger partial charge is 0.309 e. The molecule has 0 saturated carbocycles. The van der Waals surface area contributed by atoms with Gasteiger partial charge in [-0.05, 0) is 53.8 Å². The molecule has 1 aliphatic carbocycles. The van der Waals surface area contributed by atoms with Gasteiger partial charge < -0.3 is 9.98 Å². The lowest BCUT2D eigenvalue weighted by Gasteiger charge is -2.15. The molecule has 0 aliphatic heterocycles. The van der Waals surface area contributed by atoms with E-state index in [9.17, 15) is 0 Å². The fourth-order valence-corrected chi connectivity index (χ4v) is 4.34. The van der Waals surface area contributed by atoms with E-state index in [1.54, 1.807) is 0 Å². The van der Waals surface area contributed by atoms with Crippen molar-refractivity contribution >= 4 is 27.5 Å². The van der Waals surface area contributed by atoms with Gasteiger partial charge in [0.1, 0.15) is 0 Å². The molecule has 0 amide bonds. The highest BCUT2D eigenvalue weighted by Gasteiger charge is 2.19. The first kappa shape index (κ1) is 17.7. The Bertz CT molecular complexity index is 1290. The fraction of sp³-hybridized carbons (Fsp3) is 0.148. The number of hydrogen-bond acceptors (Lipinski definition) is 1. The second-order valence-corrected chi connectivity index (χ2v) is 7.95. The van der Waals surface area contributed by atoms with Crippen LogP contribution in [0.5, 0.6) is 0 Å². The quantitative estimate of drug-likeness (QED) is 0.346. The van der Waals surface area contributed by atoms with E-state index < -0.39 is 0 Å². The van der Waals surface area contributed by atoms with Crippen LogP contribution in [0.3, 0.4) is 0 Å². The summed E-state index contributed by atoms with van der Waals surface area (Å²) in [5.74, 6) is 0.583. The number of nitrogens with zero attached hydrogens (tertiary/aromatic N) is 1. The Balaban J connectivity index is 1.89. The molecule has 0 spiro atoms. The third-order valence-corrected chi connectivity index (χ3v) is 5.91. The number of benzene rings is 3. The SMILES string of the molecule is CC1/C=C\C(=N)c2cc3c4ccccc4n(-c4ccccc4)c3cc2C(C)/C=C/1. The molecule has 29 heavy (non-hydrogen) atoms. The molecule has 2 atom stereocenters. The number of aromatic nitrogens is 1. The van der Waals surface area contributed by atoms with Crippen molar-refractivity contribution in [1.82, 2.24) is 4.57 Å². The summed E-state index contributed by atoms with van der Waals surface area (Å²) in [5, 5.41) is 11.1. The zero-order valence-electron chi connectivity index (χ0n) is 16.8. The molecule has 2 unspecified atom stereocenters. The van der Waals surface area contributed by atoms with Crippen LogP contribution in [0.2, 0.25) is 0 Å². The van der Waals surface area contributed by atoms with Crippen molar-refractivity contribution in [2.75, 3.05) is 0 Å². The van der Waals surface area contributed by atoms with E-state index in [0.29, 0.717) is 11.6 Å². The molecule has 5 rings (SSSR count). The molecular formula is C27H24N2. The fourth-order valence-electron chi connectivity index (χ4n) is 4.34. The van der Waals surface area contributed by atoms with E-state index in [1.807, 2.05) is 6.08 Å². The Morgan fingerprint density at radius 1 is 0.759 bits per heavy atom. The highest BCUT2D eigenvalue weighted by Crippen LogP contribution is 2.36. The summed E-state index contributed by atoms with van der Waals surface area (Å²) in [6.45, 7) is 4.39. The van der Waals surface area contributed by atoms with Gasteiger partial charge in [-0.2, -0.15) is 0 Å². The monoisotopic (exact) mass is 376 g/mol. The molecule has 142 valence electrons. The van der Waals surface area contributed by atoms with Crippen molar-refractivity contribution in [1.29, 1.82) is 5.41 Å². The van der Waals surface area contributed by atoms with Crippen LogP contribution in [0.4, 0.5) is 0 Å². The topological polar surface area (TPSA) is 28.8 Å². The highest BCUT2D eigenvalue weighted by atomic mass is 15.0. The third kappa shape index (κ3) is 2.92. The number of para-hydroxylation sites is 2. The van der Waals surface area contributed by atoms with E-state index >= 15 is 0 Å². The van der Waals surface area contributed by atoms with Crippen LogP contribution < -0.4 is 0 Å². The van der Waals surface area contributed by atoms with Crippen molar-refractivity contribution in [3.8, 4) is 5.69 Å². The smallest absolute Gasteiger partial charge is 0.0612 e. The molecule has 4 aromatic rings. The lowest BCUT2D eigenvalue weighted by atomic mass is 9.91. The molecule has 0 fully saturated rings. The molecule has 0 bridgehead atoms. The average molecular weight is 377 g/mol. The van der Waals surface area contributed by atoms with Crippen LogP contribution in [-0.2, 0) is 0 Å². The third-order valence-electron chi connectivity index (χ3n) is 5.91. The Labute approximate surface area is 171 Å². The Kier molecular flexibility index (Phi) is 4.21. The lowest BCUT2D eigenvalue weighted by molar-refractivity contribution is 0.900. The molecule has 2 nitrogen and oxygen atoms in total. The maximum Gasteiger partial charge on any atom is 0.0612 e. The van der Waals surface area contributed by atoms with E-state index in [-0.39, 0.29) is 5.92 Å². The summed E-state index contributed by atoms with van der Waals surface area (Å²) in [6.07, 6.45) is 8.57. The number of fused-ring (bicyclic) bond motifs is 4. The zero-order chi connectivity index (χ0) is 20.0. The van der Waals surface area contributed by atoms with Crippen LogP contribution in [0.15, 0.2) is 91.0 Å². The minimum atomic E-state index is 0.249. The summed E-state index contributed by atoms with van der Waals surface area (Å²) in [7, 11) is 0. The molecule has 1 aromatic heterocycles. The van der Waals surface area contributed by atoms with Crippen molar-refractivity contribution in [3.05, 3.63) is 102 Å². The van der Waals surface area contributed by atoms with Crippen LogP contribution in [0.25, 0.3) is 27.5 Å². The minimum absolute atomic E-state index is 0.249. The molecule has 0 radical (unpaired) electrons. The van der Waals surface area contributed by atoms with Gasteiger partial charge in [0.25, 0.3) is 0 Å². The second-order valence-electron chi connectivity index (χ2n) is 7.95. The first-order valence-electron chi connectivity index (χ1n) is 10.2. The summed E-state index contributed by atoms with van der Waals surface area (Å²) in [6, 6.07) is 23.6. The predicted molar refractivity (Wildman–Crippen MR) is 123 cm³/mol. The van der Waals surface area contributed by atoms with Crippen molar-refractivity contribution < 1.29 is 0 Å². The first-order valence-corrected chi connectivity index (χ1v) is 10.2. The van der Waals surface area contributed by atoms with Gasteiger partial charge in [0.2, 0.25) is 0 Å². The van der Waals surface area contributed by atoms with Crippen molar-refractivity contribution in [2.24, 2.45) is 5.92 Å². The summed E-state index contributed by atoms with van der Waals surface area (Å²) in [4.78, 5) is 0. The Morgan fingerprint density at radius 2 is 1.52 bits per heavy atom. The van der Waals surface area contributed by atoms with Crippen LogP contribution in [-0.4, -0.2) is 10.3 Å². The lowest BCUT2D eigenvalue weighted by Crippen LogP contribution is -2.04. The van der Waals surface area contributed by atoms with Gasteiger partial charge in [-0.1, -0.05) is 68.5 Å². The highest BCUT2D eigenvalue weighted by molar-refractivity contribution is 6.15. The number of allylic oxidation sites excluding steroid dienone is 4. The van der Waals surface area contributed by atoms with Crippen molar-refractivity contribution in [2.45, 2.75) is 19.8 Å². The predicted octanol–water partition coefficient (Wildman–Crippen LogP) is 7.02. The summed E-state index contributed by atoms with van der Waals surface area (Å²) < 4.78 is 2.34. The van der Waals surface area contributed by atoms with Crippen LogP contribution in [0.1, 0.15) is 30.9 Å². The number of nitrogens with one attached hydrogen (secondary N) is 1. The summed E-state index contributed by atoms with van der Waals surface area (Å²) >= 11 is 0. The minimum Gasteiger partial charge on any atom is -0.309 e. The normalized spacial score (nSPS) is 21.4. The van der Waals surface area contributed by atoms with Gasteiger partial charge in [-0.3, -0.25) is 0 Å². The average Bonchev–Trinajstić information content (AvgIpc) is 3.10. The van der Waals surface area contributed by atoms with Gasteiger partial charge in [-0.15, -0.1) is 0 Å². The maximum atomic E-state index is 8.72. The van der Waals surface area contributed by atoms with E-state index in [2.05, 4.69) is 103 Å². The van der Waals surface area contributed by atoms with Gasteiger partial charge in [0.15, 0.2) is 0 Å². The molecule has 2 heteroatoms. The zero-order valence-corrected chi connectivity index (χ0v) is 16.8. The van der Waals surface area contributed by atoms with Gasteiger partial charge in [-0.25, -0.2) is 0 Å². The van der Waals surface area contributed by atoms with Gasteiger partial charge in [0.05, 0.1) is 16.7 Å². The van der Waals surface area contributed by atoms with E-state index in [0.717, 1.165) is 11.3 Å². The van der Waals surface area contributed by atoms with Crippen LogP contribution >= 0.6 is 0 Å². The van der Waals surface area contributed by atoms with Gasteiger partial charge >= 0.3 is 0 Å². The van der Waals surface area contributed by atoms with Gasteiger partial charge in [0, 0.05) is 22.0 Å². The Hall–Kier alpha value is -3.39. The molecule has 1 N–H and O–H groups in total. The first-order chi connectivity index (χ1) is 14.1. The van der Waals surface area contributed by atoms with Crippen LogP contribution in [0, 0.1) is 11.3 Å². The van der Waals surface area contributed by atoms with E-state index in [4.69, 9.17) is 5.41 Å². The molecule has 0 saturated heterocycles. The van der Waals surface area contributed by atoms with Crippen molar-refractivity contribution in [3.63, 3.8) is 0 Å². The molecular weight excluding hydrogens is 352 g/mol. The number of hydrogen-bond donors (Lipinski definition) is 1. The maximum absolute atomic E-state index is 8.72. The van der Waals surface area contributed by atoms with E-state index in [1.165, 1.54) is 27.4 Å². The second kappa shape index (κ2) is 6.89. The Morgan fingerprint density at radius 3 is 2.34 bits per heavy atom. The number of rotatable bonds is 1.